The largest absolute Gasteiger partial charge is 0.508 e. The molecule has 8 heteroatoms. The van der Waals surface area contributed by atoms with E-state index in [4.69, 9.17) is 23.8 Å². The lowest BCUT2D eigenvalue weighted by atomic mass is 10.1. The van der Waals surface area contributed by atoms with Crippen molar-refractivity contribution in [2.24, 2.45) is 0 Å². The Morgan fingerprint density at radius 3 is 2.62 bits per heavy atom. The average Bonchev–Trinajstić information content (AvgIpc) is 2.84. The lowest BCUT2D eigenvalue weighted by Gasteiger charge is -2.16. The minimum Gasteiger partial charge on any atom is -0.508 e. The molecular weight excluding hydrogens is 392 g/mol. The number of benzene rings is 2. The first-order chi connectivity index (χ1) is 12.3. The van der Waals surface area contributed by atoms with E-state index < -0.39 is 11.8 Å². The molecule has 132 valence electrons. The van der Waals surface area contributed by atoms with Crippen molar-refractivity contribution in [2.45, 2.75) is 6.92 Å². The number of thioether (sulfide) groups is 1. The van der Waals surface area contributed by atoms with Crippen molar-refractivity contribution >= 4 is 57.8 Å². The molecule has 1 aliphatic heterocycles. The van der Waals surface area contributed by atoms with E-state index in [1.54, 1.807) is 36.4 Å². The molecule has 1 fully saturated rings. The second kappa shape index (κ2) is 7.49. The predicted molar refractivity (Wildman–Crippen MR) is 107 cm³/mol. The Hall–Kier alpha value is -2.35. The molecule has 2 N–H and O–H groups in total. The van der Waals surface area contributed by atoms with Gasteiger partial charge in [-0.25, -0.2) is 0 Å². The number of nitrogens with one attached hydrogen (secondary N) is 1. The van der Waals surface area contributed by atoms with E-state index in [0.29, 0.717) is 9.93 Å². The molecule has 0 aromatic heterocycles. The van der Waals surface area contributed by atoms with Crippen molar-refractivity contribution in [1.29, 1.82) is 0 Å². The standard InChI is InChI=1S/C18H13ClN2O3S2/c1-10-2-7-13(14(19)8-10)16(23)20-21-17(24)15(26-18(21)25)9-11-3-5-12(22)6-4-11/h2-9,22H,1H3,(H,20,23)/b15-9+. The van der Waals surface area contributed by atoms with Crippen LogP contribution in [-0.4, -0.2) is 26.3 Å². The molecule has 2 amide bonds. The van der Waals surface area contributed by atoms with Gasteiger partial charge in [0, 0.05) is 0 Å². The summed E-state index contributed by atoms with van der Waals surface area (Å²) in [4.78, 5) is 25.3. The van der Waals surface area contributed by atoms with Crippen LogP contribution in [0.15, 0.2) is 47.4 Å². The van der Waals surface area contributed by atoms with Crippen LogP contribution in [0.4, 0.5) is 0 Å². The zero-order chi connectivity index (χ0) is 18.8. The van der Waals surface area contributed by atoms with Crippen LogP contribution in [-0.2, 0) is 4.79 Å². The highest BCUT2D eigenvalue weighted by Crippen LogP contribution is 2.32. The summed E-state index contributed by atoms with van der Waals surface area (Å²) in [6.07, 6.45) is 1.64. The number of hydrogen-bond acceptors (Lipinski definition) is 5. The molecule has 0 aliphatic carbocycles. The van der Waals surface area contributed by atoms with Crippen molar-refractivity contribution in [3.05, 3.63) is 69.1 Å². The molecule has 26 heavy (non-hydrogen) atoms. The van der Waals surface area contributed by atoms with Crippen LogP contribution >= 0.6 is 35.6 Å². The number of hydrogen-bond donors (Lipinski definition) is 2. The van der Waals surface area contributed by atoms with Crippen LogP contribution in [0.1, 0.15) is 21.5 Å². The maximum atomic E-state index is 12.5. The van der Waals surface area contributed by atoms with Crippen LogP contribution in [0, 0.1) is 6.92 Å². The van der Waals surface area contributed by atoms with Crippen LogP contribution in [0.3, 0.4) is 0 Å². The van der Waals surface area contributed by atoms with E-state index in [1.165, 1.54) is 12.1 Å². The maximum absolute atomic E-state index is 12.5. The summed E-state index contributed by atoms with van der Waals surface area (Å²) >= 11 is 12.4. The van der Waals surface area contributed by atoms with Gasteiger partial charge in [0.15, 0.2) is 4.32 Å². The van der Waals surface area contributed by atoms with Gasteiger partial charge in [0.25, 0.3) is 11.8 Å². The van der Waals surface area contributed by atoms with Gasteiger partial charge in [-0.3, -0.25) is 15.0 Å². The third-order valence-electron chi connectivity index (χ3n) is 3.57. The molecule has 2 aromatic carbocycles. The molecule has 0 spiro atoms. The Kier molecular flexibility index (Phi) is 5.31. The third kappa shape index (κ3) is 3.90. The van der Waals surface area contributed by atoms with Crippen LogP contribution in [0.2, 0.25) is 5.02 Å². The number of phenolic OH excluding ortho intramolecular Hbond substituents is 1. The highest BCUT2D eigenvalue weighted by atomic mass is 35.5. The molecule has 0 radical (unpaired) electrons. The minimum absolute atomic E-state index is 0.136. The summed E-state index contributed by atoms with van der Waals surface area (Å²) in [6, 6.07) is 11.4. The second-order valence-electron chi connectivity index (χ2n) is 5.53. The molecule has 1 saturated heterocycles. The SMILES string of the molecule is Cc1ccc(C(=O)NN2C(=O)/C(=C\c3ccc(O)cc3)SC2=S)c(Cl)c1. The highest BCUT2D eigenvalue weighted by Gasteiger charge is 2.34. The van der Waals surface area contributed by atoms with Gasteiger partial charge in [0.2, 0.25) is 0 Å². The zero-order valence-corrected chi connectivity index (χ0v) is 15.9. The summed E-state index contributed by atoms with van der Waals surface area (Å²) in [5, 5.41) is 10.7. The number of aryl methyl sites for hydroxylation is 1. The number of halogens is 1. The number of carbonyl (C=O) groups excluding carboxylic acids is 2. The number of nitrogens with zero attached hydrogens (tertiary/aromatic N) is 1. The maximum Gasteiger partial charge on any atom is 0.285 e. The Labute approximate surface area is 164 Å². The number of rotatable bonds is 3. The smallest absolute Gasteiger partial charge is 0.285 e. The topological polar surface area (TPSA) is 69.6 Å². The number of phenols is 1. The molecule has 0 bridgehead atoms. The first kappa shape index (κ1) is 18.4. The summed E-state index contributed by atoms with van der Waals surface area (Å²) in [5.41, 5.74) is 4.41. The Morgan fingerprint density at radius 2 is 1.96 bits per heavy atom. The van der Waals surface area contributed by atoms with Gasteiger partial charge < -0.3 is 5.11 Å². The zero-order valence-electron chi connectivity index (χ0n) is 13.5. The first-order valence-corrected chi connectivity index (χ1v) is 9.09. The monoisotopic (exact) mass is 404 g/mol. The van der Waals surface area contributed by atoms with Gasteiger partial charge in [-0.2, -0.15) is 5.01 Å². The van der Waals surface area contributed by atoms with Crippen molar-refractivity contribution in [3.8, 4) is 5.75 Å². The van der Waals surface area contributed by atoms with E-state index in [1.807, 2.05) is 6.92 Å². The number of thiocarbonyl (C=S) groups is 1. The predicted octanol–water partition coefficient (Wildman–Crippen LogP) is 3.90. The number of hydrazine groups is 1. The van der Waals surface area contributed by atoms with E-state index >= 15 is 0 Å². The molecule has 0 unspecified atom stereocenters. The molecule has 2 aromatic rings. The molecule has 1 aliphatic rings. The van der Waals surface area contributed by atoms with E-state index in [9.17, 15) is 14.7 Å². The molecule has 0 atom stereocenters. The van der Waals surface area contributed by atoms with Crippen LogP contribution in [0.5, 0.6) is 5.75 Å². The van der Waals surface area contributed by atoms with Gasteiger partial charge >= 0.3 is 0 Å². The highest BCUT2D eigenvalue weighted by molar-refractivity contribution is 8.26. The molecule has 0 saturated carbocycles. The van der Waals surface area contributed by atoms with Gasteiger partial charge in [0.1, 0.15) is 5.75 Å². The van der Waals surface area contributed by atoms with Crippen molar-refractivity contribution in [1.82, 2.24) is 10.4 Å². The summed E-state index contributed by atoms with van der Waals surface area (Å²) in [7, 11) is 0. The van der Waals surface area contributed by atoms with E-state index in [0.717, 1.165) is 27.9 Å². The lowest BCUT2D eigenvalue weighted by molar-refractivity contribution is -0.123. The normalized spacial score (nSPS) is 15.6. The molecule has 3 rings (SSSR count). The minimum atomic E-state index is -0.516. The Bertz CT molecular complexity index is 942. The summed E-state index contributed by atoms with van der Waals surface area (Å²) < 4.78 is 0.219. The second-order valence-corrected chi connectivity index (χ2v) is 7.62. The quantitative estimate of drug-likeness (QED) is 0.599. The first-order valence-electron chi connectivity index (χ1n) is 7.49. The fourth-order valence-corrected chi connectivity index (χ4v) is 3.75. The van der Waals surface area contributed by atoms with Gasteiger partial charge in [0.05, 0.1) is 15.5 Å². The Morgan fingerprint density at radius 1 is 1.27 bits per heavy atom. The van der Waals surface area contributed by atoms with Gasteiger partial charge in [-0.05, 0) is 60.6 Å². The average molecular weight is 405 g/mol. The molecular formula is C18H13ClN2O3S2. The number of carbonyl (C=O) groups is 2. The summed E-state index contributed by atoms with van der Waals surface area (Å²) in [5.74, 6) is -0.807. The molecule has 5 nitrogen and oxygen atoms in total. The number of aromatic hydroxyl groups is 1. The third-order valence-corrected chi connectivity index (χ3v) is 5.18. The number of amides is 2. The van der Waals surface area contributed by atoms with Crippen molar-refractivity contribution in [3.63, 3.8) is 0 Å². The van der Waals surface area contributed by atoms with Gasteiger partial charge in [-0.15, -0.1) is 0 Å². The van der Waals surface area contributed by atoms with Crippen molar-refractivity contribution < 1.29 is 14.7 Å². The summed E-state index contributed by atoms with van der Waals surface area (Å²) in [6.45, 7) is 1.86. The van der Waals surface area contributed by atoms with E-state index in [2.05, 4.69) is 5.43 Å². The van der Waals surface area contributed by atoms with Crippen LogP contribution < -0.4 is 5.43 Å². The fourth-order valence-electron chi connectivity index (χ4n) is 2.25. The lowest BCUT2D eigenvalue weighted by Crippen LogP contribution is -2.44. The van der Waals surface area contributed by atoms with Gasteiger partial charge in [-0.1, -0.05) is 41.6 Å². The fraction of sp³-hybridized carbons (Fsp3) is 0.0556. The Balaban J connectivity index is 1.78. The van der Waals surface area contributed by atoms with Crippen LogP contribution in [0.25, 0.3) is 6.08 Å². The van der Waals surface area contributed by atoms with Crippen molar-refractivity contribution in [2.75, 3.05) is 0 Å². The molecule has 1 heterocycles. The van der Waals surface area contributed by atoms with E-state index in [-0.39, 0.29) is 15.6 Å².